The van der Waals surface area contributed by atoms with E-state index in [1.807, 2.05) is 19.2 Å². The van der Waals surface area contributed by atoms with E-state index in [9.17, 15) is 0 Å². The highest BCUT2D eigenvalue weighted by Crippen LogP contribution is 2.41. The molecular weight excluding hydrogens is 334 g/mol. The minimum absolute atomic E-state index is 0.625. The van der Waals surface area contributed by atoms with Gasteiger partial charge < -0.3 is 15.2 Å². The van der Waals surface area contributed by atoms with Crippen molar-refractivity contribution in [2.24, 2.45) is 13.0 Å². The van der Waals surface area contributed by atoms with Gasteiger partial charge in [0.25, 0.3) is 0 Å². The second-order valence-corrected chi connectivity index (χ2v) is 6.17. The lowest BCUT2D eigenvalue weighted by atomic mass is 10.1. The van der Waals surface area contributed by atoms with Gasteiger partial charge in [0.15, 0.2) is 11.5 Å². The molecule has 0 saturated heterocycles. The van der Waals surface area contributed by atoms with E-state index in [2.05, 4.69) is 21.0 Å². The fourth-order valence-electron chi connectivity index (χ4n) is 2.19. The number of anilines is 1. The highest BCUT2D eigenvalue weighted by atomic mass is 79.9. The Morgan fingerprint density at radius 2 is 2.19 bits per heavy atom. The zero-order valence-electron chi connectivity index (χ0n) is 12.1. The van der Waals surface area contributed by atoms with Crippen molar-refractivity contribution in [3.63, 3.8) is 0 Å². The summed E-state index contributed by atoms with van der Waals surface area (Å²) in [5, 5.41) is 4.18. The van der Waals surface area contributed by atoms with Crippen LogP contribution in [-0.4, -0.2) is 23.5 Å². The summed E-state index contributed by atoms with van der Waals surface area (Å²) in [5.74, 6) is 2.75. The molecule has 1 aromatic heterocycles. The molecule has 6 heteroatoms. The Hall–Kier alpha value is -1.69. The zero-order chi connectivity index (χ0) is 15.0. The molecular formula is C15H18BrN3O2. The number of halogens is 1. The van der Waals surface area contributed by atoms with E-state index < -0.39 is 0 Å². The summed E-state index contributed by atoms with van der Waals surface area (Å²) in [6.45, 7) is 0.731. The Kier molecular flexibility index (Phi) is 3.80. The van der Waals surface area contributed by atoms with Gasteiger partial charge in [0.05, 0.1) is 24.4 Å². The molecule has 0 atom stereocenters. The van der Waals surface area contributed by atoms with Crippen LogP contribution in [0.4, 0.5) is 5.82 Å². The minimum atomic E-state index is 0.625. The molecule has 1 saturated carbocycles. The van der Waals surface area contributed by atoms with Gasteiger partial charge in [0.2, 0.25) is 0 Å². The number of nitrogens with zero attached hydrogens (tertiary/aromatic N) is 2. The van der Waals surface area contributed by atoms with E-state index in [1.165, 1.54) is 12.8 Å². The van der Waals surface area contributed by atoms with E-state index in [-0.39, 0.29) is 0 Å². The van der Waals surface area contributed by atoms with E-state index in [0.717, 1.165) is 28.0 Å². The van der Waals surface area contributed by atoms with Crippen molar-refractivity contribution in [1.82, 2.24) is 9.78 Å². The molecule has 1 aliphatic rings. The molecule has 3 rings (SSSR count). The lowest BCUT2D eigenvalue weighted by molar-refractivity contribution is 0.280. The van der Waals surface area contributed by atoms with Crippen LogP contribution in [0.3, 0.4) is 0 Å². The van der Waals surface area contributed by atoms with Crippen LogP contribution >= 0.6 is 15.9 Å². The van der Waals surface area contributed by atoms with E-state index in [0.29, 0.717) is 17.5 Å². The number of aryl methyl sites for hydroxylation is 1. The third-order valence-corrected chi connectivity index (χ3v) is 4.27. The van der Waals surface area contributed by atoms with Gasteiger partial charge in [-0.2, -0.15) is 5.10 Å². The van der Waals surface area contributed by atoms with Gasteiger partial charge in [-0.05, 0) is 52.4 Å². The average Bonchev–Trinajstić information content (AvgIpc) is 3.23. The normalized spacial score (nSPS) is 14.2. The monoisotopic (exact) mass is 351 g/mol. The van der Waals surface area contributed by atoms with Gasteiger partial charge in [-0.3, -0.25) is 4.68 Å². The first kappa shape index (κ1) is 14.3. The molecule has 112 valence electrons. The van der Waals surface area contributed by atoms with Gasteiger partial charge in [0, 0.05) is 12.6 Å². The first-order valence-electron chi connectivity index (χ1n) is 6.88. The van der Waals surface area contributed by atoms with Crippen LogP contribution in [0.5, 0.6) is 11.5 Å². The molecule has 0 unspecified atom stereocenters. The van der Waals surface area contributed by atoms with E-state index in [1.54, 1.807) is 18.0 Å². The standard InChI is InChI=1S/C15H18BrN3O2/c1-19-15(17)11(7-18-19)10-5-12(16)14(20-2)13(6-10)21-8-9-3-4-9/h5-7,9H,3-4,8,17H2,1-2H3. The summed E-state index contributed by atoms with van der Waals surface area (Å²) >= 11 is 3.54. The van der Waals surface area contributed by atoms with Crippen LogP contribution in [-0.2, 0) is 7.05 Å². The second kappa shape index (κ2) is 5.60. The SMILES string of the molecule is COc1c(Br)cc(-c2cnn(C)c2N)cc1OCC1CC1. The topological polar surface area (TPSA) is 62.3 Å². The summed E-state index contributed by atoms with van der Waals surface area (Å²) in [6.07, 6.45) is 4.26. The maximum Gasteiger partial charge on any atom is 0.174 e. The van der Waals surface area contributed by atoms with Crippen LogP contribution < -0.4 is 15.2 Å². The Morgan fingerprint density at radius 1 is 1.43 bits per heavy atom. The van der Waals surface area contributed by atoms with Crippen LogP contribution in [0, 0.1) is 5.92 Å². The van der Waals surface area contributed by atoms with Crippen molar-refractivity contribution in [2.75, 3.05) is 19.5 Å². The fraction of sp³-hybridized carbons (Fsp3) is 0.400. The lowest BCUT2D eigenvalue weighted by Gasteiger charge is -2.14. The maximum atomic E-state index is 6.05. The molecule has 1 aliphatic carbocycles. The second-order valence-electron chi connectivity index (χ2n) is 5.31. The highest BCUT2D eigenvalue weighted by Gasteiger charge is 2.23. The van der Waals surface area contributed by atoms with Crippen LogP contribution in [0.15, 0.2) is 22.8 Å². The Bertz CT molecular complexity index is 665. The van der Waals surface area contributed by atoms with E-state index >= 15 is 0 Å². The molecule has 5 nitrogen and oxygen atoms in total. The molecule has 0 amide bonds. The zero-order valence-corrected chi connectivity index (χ0v) is 13.7. The van der Waals surface area contributed by atoms with Crippen molar-refractivity contribution in [3.8, 4) is 22.6 Å². The first-order valence-corrected chi connectivity index (χ1v) is 7.67. The predicted octanol–water partition coefficient (Wildman–Crippen LogP) is 3.23. The molecule has 2 aromatic rings. The number of rotatable bonds is 5. The first-order chi connectivity index (χ1) is 10.1. The molecule has 1 heterocycles. The van der Waals surface area contributed by atoms with Crippen molar-refractivity contribution < 1.29 is 9.47 Å². The Labute approximate surface area is 132 Å². The summed E-state index contributed by atoms with van der Waals surface area (Å²) in [5.41, 5.74) is 7.89. The van der Waals surface area contributed by atoms with Crippen molar-refractivity contribution in [2.45, 2.75) is 12.8 Å². The van der Waals surface area contributed by atoms with Gasteiger partial charge in [-0.25, -0.2) is 0 Å². The lowest BCUT2D eigenvalue weighted by Crippen LogP contribution is -2.02. The fourth-order valence-corrected chi connectivity index (χ4v) is 2.79. The van der Waals surface area contributed by atoms with Crippen LogP contribution in [0.1, 0.15) is 12.8 Å². The highest BCUT2D eigenvalue weighted by molar-refractivity contribution is 9.10. The van der Waals surface area contributed by atoms with Gasteiger partial charge >= 0.3 is 0 Å². The quantitative estimate of drug-likeness (QED) is 0.898. The largest absolute Gasteiger partial charge is 0.492 e. The summed E-state index contributed by atoms with van der Waals surface area (Å²) < 4.78 is 13.8. The predicted molar refractivity (Wildman–Crippen MR) is 85.5 cm³/mol. The third kappa shape index (κ3) is 2.85. The number of ether oxygens (including phenoxy) is 2. The Balaban J connectivity index is 1.98. The summed E-state index contributed by atoms with van der Waals surface area (Å²) in [7, 11) is 3.46. The smallest absolute Gasteiger partial charge is 0.174 e. The molecule has 0 spiro atoms. The number of benzene rings is 1. The van der Waals surface area contributed by atoms with Gasteiger partial charge in [-0.1, -0.05) is 0 Å². The van der Waals surface area contributed by atoms with Gasteiger partial charge in [0.1, 0.15) is 5.82 Å². The molecule has 0 radical (unpaired) electrons. The molecule has 1 aromatic carbocycles. The number of hydrogen-bond donors (Lipinski definition) is 1. The number of nitrogen functional groups attached to an aromatic ring is 1. The average molecular weight is 352 g/mol. The van der Waals surface area contributed by atoms with Crippen molar-refractivity contribution >= 4 is 21.7 Å². The molecule has 0 aliphatic heterocycles. The summed E-state index contributed by atoms with van der Waals surface area (Å²) in [6, 6.07) is 3.93. The Morgan fingerprint density at radius 3 is 2.76 bits per heavy atom. The van der Waals surface area contributed by atoms with Crippen LogP contribution in [0.25, 0.3) is 11.1 Å². The number of methoxy groups -OCH3 is 1. The third-order valence-electron chi connectivity index (χ3n) is 3.68. The molecule has 1 fully saturated rings. The minimum Gasteiger partial charge on any atom is -0.492 e. The molecule has 0 bridgehead atoms. The molecule has 2 N–H and O–H groups in total. The van der Waals surface area contributed by atoms with Gasteiger partial charge in [-0.15, -0.1) is 0 Å². The number of aromatic nitrogens is 2. The summed E-state index contributed by atoms with van der Waals surface area (Å²) in [4.78, 5) is 0. The molecule has 21 heavy (non-hydrogen) atoms. The van der Waals surface area contributed by atoms with Crippen LogP contribution in [0.2, 0.25) is 0 Å². The number of nitrogens with two attached hydrogens (primary N) is 1. The van der Waals surface area contributed by atoms with Crippen molar-refractivity contribution in [3.05, 3.63) is 22.8 Å². The maximum absolute atomic E-state index is 6.05. The number of hydrogen-bond acceptors (Lipinski definition) is 4. The van der Waals surface area contributed by atoms with E-state index in [4.69, 9.17) is 15.2 Å². The van der Waals surface area contributed by atoms with Crippen molar-refractivity contribution in [1.29, 1.82) is 0 Å².